The molecule has 2 N–H and O–H groups in total. The van der Waals surface area contributed by atoms with Gasteiger partial charge in [0.1, 0.15) is 0 Å². The van der Waals surface area contributed by atoms with E-state index in [1.807, 2.05) is 6.08 Å². The van der Waals surface area contributed by atoms with Gasteiger partial charge in [-0.3, -0.25) is 10.2 Å². The Balaban J connectivity index is 0.000000169. The molecule has 1 fully saturated rings. The molecule has 2 aromatic rings. The number of rotatable bonds is 4. The first-order valence-corrected chi connectivity index (χ1v) is 13.6. The van der Waals surface area contributed by atoms with E-state index >= 15 is 0 Å². The number of halogens is 1. The number of methoxy groups -OCH3 is 2. The third-order valence-corrected chi connectivity index (χ3v) is 7.48. The van der Waals surface area contributed by atoms with Crippen molar-refractivity contribution in [1.82, 2.24) is 20.4 Å². The van der Waals surface area contributed by atoms with E-state index in [0.717, 1.165) is 30.6 Å². The van der Waals surface area contributed by atoms with Crippen LogP contribution in [0, 0.1) is 0 Å². The van der Waals surface area contributed by atoms with Gasteiger partial charge in [-0.05, 0) is 67.5 Å². The van der Waals surface area contributed by atoms with Gasteiger partial charge in [-0.2, -0.15) is 10.2 Å². The fourth-order valence-electron chi connectivity index (χ4n) is 3.83. The van der Waals surface area contributed by atoms with E-state index in [1.165, 1.54) is 25.9 Å². The van der Waals surface area contributed by atoms with Gasteiger partial charge in [0.25, 0.3) is 0 Å². The van der Waals surface area contributed by atoms with Crippen molar-refractivity contribution in [2.45, 2.75) is 51.7 Å². The summed E-state index contributed by atoms with van der Waals surface area (Å²) >= 11 is 3.11. The third-order valence-electron chi connectivity index (χ3n) is 6.88. The Morgan fingerprint density at radius 1 is 0.875 bits per heavy atom. The van der Waals surface area contributed by atoms with Crippen molar-refractivity contribution in [1.29, 1.82) is 0 Å². The molecule has 3 aliphatic rings. The van der Waals surface area contributed by atoms with Gasteiger partial charge in [0.05, 0.1) is 68.7 Å². The molecule has 5 rings (SSSR count). The van der Waals surface area contributed by atoms with E-state index in [1.54, 1.807) is 6.20 Å². The van der Waals surface area contributed by atoms with Gasteiger partial charge >= 0.3 is 19.1 Å². The summed E-state index contributed by atoms with van der Waals surface area (Å²) < 4.78 is 32.1. The second-order valence-electron chi connectivity index (χ2n) is 9.98. The lowest BCUT2D eigenvalue weighted by Gasteiger charge is -2.32. The van der Waals surface area contributed by atoms with Crippen molar-refractivity contribution in [3.8, 4) is 0 Å². The van der Waals surface area contributed by atoms with Crippen molar-refractivity contribution in [3.63, 3.8) is 0 Å². The van der Waals surface area contributed by atoms with Crippen molar-refractivity contribution < 1.29 is 37.8 Å². The highest BCUT2D eigenvalue weighted by molar-refractivity contribution is 9.10. The Morgan fingerprint density at radius 2 is 1.43 bits per heavy atom. The summed E-state index contributed by atoms with van der Waals surface area (Å²) in [7, 11) is 2.49. The number of esters is 2. The Kier molecular flexibility index (Phi) is 11.3. The van der Waals surface area contributed by atoms with Crippen LogP contribution in [0.5, 0.6) is 0 Å². The Labute approximate surface area is 242 Å². The van der Waals surface area contributed by atoms with Gasteiger partial charge in [0.15, 0.2) is 11.4 Å². The molecule has 0 radical (unpaired) electrons. The molecule has 0 saturated carbocycles. The summed E-state index contributed by atoms with van der Waals surface area (Å²) in [4.78, 5) is 22.2. The Hall–Kier alpha value is -2.78. The Morgan fingerprint density at radius 3 is 1.93 bits per heavy atom. The molecule has 218 valence electrons. The number of aromatic amines is 2. The standard InChI is InChI=1S/C11H19BO3.C10H12N2O3.C5H5BrN2O2/c1-10(2)11(3,4)15-12(14-10)9-5-7-13-8-6-9;1-14-10(13)9-8(6-11-12-9)7-2-4-15-5-3-7;1-10-5(9)4-3(6)2-7-8-4/h5H,6-8H2,1-4H3;2,6H,3-5H2,1H3,(H,11,12);2H,1H3,(H,7,8). The third kappa shape index (κ3) is 7.91. The van der Waals surface area contributed by atoms with Crippen molar-refractivity contribution >= 4 is 40.6 Å². The second kappa shape index (κ2) is 14.2. The largest absolute Gasteiger partial charge is 0.490 e. The molecule has 0 aromatic carbocycles. The monoisotopic (exact) mass is 622 g/mol. The molecular formula is C26H36BBrN4O8. The maximum absolute atomic E-state index is 11.4. The lowest BCUT2D eigenvalue weighted by molar-refractivity contribution is 0.00578. The quantitative estimate of drug-likeness (QED) is 0.380. The van der Waals surface area contributed by atoms with E-state index in [-0.39, 0.29) is 18.3 Å². The number of H-pyrrole nitrogens is 2. The van der Waals surface area contributed by atoms with Gasteiger partial charge in [-0.15, -0.1) is 0 Å². The van der Waals surface area contributed by atoms with Crippen LogP contribution in [0.4, 0.5) is 0 Å². The van der Waals surface area contributed by atoms with Crippen molar-refractivity contribution in [3.05, 3.63) is 51.4 Å². The summed E-state index contributed by atoms with van der Waals surface area (Å²) in [5, 5.41) is 12.6. The van der Waals surface area contributed by atoms with Crippen LogP contribution < -0.4 is 0 Å². The SMILES string of the molecule is CC1(C)OB(C2=CCOCC2)OC1(C)C.COC(=O)c1[nH]ncc1Br.COC(=O)c1[nH]ncc1C1=CCOCC1. The summed E-state index contributed by atoms with van der Waals surface area (Å²) in [5.74, 6) is -0.820. The number of ether oxygens (including phenoxy) is 4. The maximum Gasteiger partial charge on any atom is 0.490 e. The minimum atomic E-state index is -0.427. The highest BCUT2D eigenvalue weighted by Gasteiger charge is 2.52. The first kappa shape index (κ1) is 31.7. The molecule has 14 heteroatoms. The van der Waals surface area contributed by atoms with Crippen molar-refractivity contribution in [2.24, 2.45) is 0 Å². The molecule has 3 aliphatic heterocycles. The molecule has 0 spiro atoms. The van der Waals surface area contributed by atoms with Gasteiger partial charge < -0.3 is 28.3 Å². The molecule has 2 aromatic heterocycles. The lowest BCUT2D eigenvalue weighted by Crippen LogP contribution is -2.41. The fraction of sp³-hybridized carbons (Fsp3) is 0.538. The van der Waals surface area contributed by atoms with Gasteiger partial charge in [0.2, 0.25) is 0 Å². The molecule has 1 saturated heterocycles. The topological polar surface area (TPSA) is 147 Å². The normalized spacial score (nSPS) is 19.2. The number of aromatic nitrogens is 4. The summed E-state index contributed by atoms with van der Waals surface area (Å²) in [6, 6.07) is 0. The van der Waals surface area contributed by atoms with Crippen LogP contribution in [-0.4, -0.2) is 91.3 Å². The maximum atomic E-state index is 11.4. The second-order valence-corrected chi connectivity index (χ2v) is 10.8. The average Bonchev–Trinajstić information content (AvgIpc) is 3.67. The molecule has 0 atom stereocenters. The van der Waals surface area contributed by atoms with E-state index in [2.05, 4.69) is 79.6 Å². The van der Waals surface area contributed by atoms with Crippen LogP contribution in [0.15, 0.2) is 34.5 Å². The van der Waals surface area contributed by atoms with Gasteiger partial charge in [-0.25, -0.2) is 9.59 Å². The van der Waals surface area contributed by atoms with Crippen molar-refractivity contribution in [2.75, 3.05) is 40.6 Å². The summed E-state index contributed by atoms with van der Waals surface area (Å²) in [6.45, 7) is 11.0. The molecule has 5 heterocycles. The van der Waals surface area contributed by atoms with E-state index < -0.39 is 11.9 Å². The zero-order chi connectivity index (χ0) is 29.3. The molecular weight excluding hydrogens is 587 g/mol. The zero-order valence-corrected chi connectivity index (χ0v) is 25.3. The number of carbonyl (C=O) groups excluding carboxylic acids is 2. The van der Waals surface area contributed by atoms with Crippen LogP contribution in [0.1, 0.15) is 67.1 Å². The first-order valence-electron chi connectivity index (χ1n) is 12.8. The predicted octanol–water partition coefficient (Wildman–Crippen LogP) is 3.92. The van der Waals surface area contributed by atoms with E-state index in [4.69, 9.17) is 18.8 Å². The average molecular weight is 623 g/mol. The molecule has 0 amide bonds. The first-order chi connectivity index (χ1) is 19.0. The van der Waals surface area contributed by atoms with Crippen LogP contribution in [-0.2, 0) is 28.3 Å². The zero-order valence-electron chi connectivity index (χ0n) is 23.7. The van der Waals surface area contributed by atoms with E-state index in [0.29, 0.717) is 35.7 Å². The fourth-order valence-corrected chi connectivity index (χ4v) is 4.18. The van der Waals surface area contributed by atoms with Gasteiger partial charge in [-0.1, -0.05) is 12.2 Å². The number of hydrogen-bond acceptors (Lipinski definition) is 10. The summed E-state index contributed by atoms with van der Waals surface area (Å²) in [5.41, 5.74) is 3.38. The van der Waals surface area contributed by atoms with Crippen LogP contribution in [0.3, 0.4) is 0 Å². The number of nitrogens with zero attached hydrogens (tertiary/aromatic N) is 2. The molecule has 12 nitrogen and oxygen atoms in total. The van der Waals surface area contributed by atoms with Gasteiger partial charge in [0, 0.05) is 5.56 Å². The Bertz CT molecular complexity index is 1210. The number of hydrogen-bond donors (Lipinski definition) is 2. The van der Waals surface area contributed by atoms with Crippen LogP contribution in [0.2, 0.25) is 0 Å². The number of carbonyl (C=O) groups is 2. The van der Waals surface area contributed by atoms with Crippen LogP contribution >= 0.6 is 15.9 Å². The highest BCUT2D eigenvalue weighted by atomic mass is 79.9. The smallest absolute Gasteiger partial charge is 0.464 e. The number of nitrogens with one attached hydrogen (secondary N) is 2. The lowest BCUT2D eigenvalue weighted by atomic mass is 9.75. The minimum absolute atomic E-state index is 0.182. The summed E-state index contributed by atoms with van der Waals surface area (Å²) in [6.07, 6.45) is 8.88. The van der Waals surface area contributed by atoms with Crippen LogP contribution in [0.25, 0.3) is 5.57 Å². The molecule has 0 aliphatic carbocycles. The predicted molar refractivity (Wildman–Crippen MR) is 151 cm³/mol. The van der Waals surface area contributed by atoms with E-state index in [9.17, 15) is 9.59 Å². The molecule has 0 bridgehead atoms. The molecule has 0 unspecified atom stereocenters. The molecule has 40 heavy (non-hydrogen) atoms. The highest BCUT2D eigenvalue weighted by Crippen LogP contribution is 2.39. The minimum Gasteiger partial charge on any atom is -0.464 e.